The predicted octanol–water partition coefficient (Wildman–Crippen LogP) is 5.14. The lowest BCUT2D eigenvalue weighted by molar-refractivity contribution is 0.100. The summed E-state index contributed by atoms with van der Waals surface area (Å²) in [4.78, 5) is 18.9. The van der Waals surface area contributed by atoms with Crippen molar-refractivity contribution in [2.45, 2.75) is 69.6 Å². The van der Waals surface area contributed by atoms with Crippen molar-refractivity contribution in [2.75, 3.05) is 16.8 Å². The minimum Gasteiger partial charge on any atom is -0.367 e. The van der Waals surface area contributed by atoms with Gasteiger partial charge in [0.1, 0.15) is 5.82 Å². The summed E-state index contributed by atoms with van der Waals surface area (Å²) in [6.45, 7) is 3.34. The summed E-state index contributed by atoms with van der Waals surface area (Å²) in [7, 11) is 0. The summed E-state index contributed by atoms with van der Waals surface area (Å²) in [5, 5.41) is 7.88. The van der Waals surface area contributed by atoms with E-state index in [0.29, 0.717) is 29.7 Å². The molecule has 1 amide bonds. The van der Waals surface area contributed by atoms with E-state index in [1.54, 1.807) is 6.07 Å². The van der Waals surface area contributed by atoms with E-state index in [9.17, 15) is 4.79 Å². The Morgan fingerprint density at radius 3 is 2.51 bits per heavy atom. The van der Waals surface area contributed by atoms with Gasteiger partial charge in [0.15, 0.2) is 0 Å². The summed E-state index contributed by atoms with van der Waals surface area (Å²) in [5.41, 5.74) is 10.7. The Morgan fingerprint density at radius 2 is 1.73 bits per heavy atom. The SMILES string of the molecule is Cc1ccc(N2C[C@@H]3C[C@H](N[C@@H]4CCCC[C@H]4Nc4cc(-c5cccc(C(N)=O)c5)ccn4)[C@H]2C3)cc1. The first-order valence-corrected chi connectivity index (χ1v) is 13.8. The van der Waals surface area contributed by atoms with Crippen LogP contribution in [0.2, 0.25) is 0 Å². The molecule has 1 saturated heterocycles. The van der Waals surface area contributed by atoms with Gasteiger partial charge in [-0.2, -0.15) is 0 Å². The van der Waals surface area contributed by atoms with Crippen molar-refractivity contribution >= 4 is 17.4 Å². The van der Waals surface area contributed by atoms with Gasteiger partial charge in [0.2, 0.25) is 5.91 Å². The molecule has 192 valence electrons. The largest absolute Gasteiger partial charge is 0.367 e. The Balaban J connectivity index is 1.15. The van der Waals surface area contributed by atoms with E-state index in [1.165, 1.54) is 49.9 Å². The Morgan fingerprint density at radius 1 is 0.946 bits per heavy atom. The van der Waals surface area contributed by atoms with Gasteiger partial charge in [0.05, 0.1) is 0 Å². The molecule has 6 nitrogen and oxygen atoms in total. The fourth-order valence-electron chi connectivity index (χ4n) is 6.75. The average molecular weight is 496 g/mol. The number of carbonyl (C=O) groups is 1. The minimum absolute atomic E-state index is 0.348. The summed E-state index contributed by atoms with van der Waals surface area (Å²) in [6.07, 6.45) is 9.26. The fourth-order valence-corrected chi connectivity index (χ4v) is 6.75. The van der Waals surface area contributed by atoms with E-state index in [-0.39, 0.29) is 0 Å². The van der Waals surface area contributed by atoms with Gasteiger partial charge in [0.25, 0.3) is 0 Å². The average Bonchev–Trinajstić information content (AvgIpc) is 3.51. The highest BCUT2D eigenvalue weighted by Gasteiger charge is 2.46. The third-order valence-electron chi connectivity index (χ3n) is 8.62. The van der Waals surface area contributed by atoms with Gasteiger partial charge in [0, 0.05) is 48.2 Å². The molecule has 2 heterocycles. The van der Waals surface area contributed by atoms with Crippen LogP contribution in [0, 0.1) is 12.8 Å². The number of nitrogens with one attached hydrogen (secondary N) is 2. The number of rotatable bonds is 7. The third-order valence-corrected chi connectivity index (χ3v) is 8.62. The number of hydrogen-bond donors (Lipinski definition) is 3. The topological polar surface area (TPSA) is 83.3 Å². The molecule has 37 heavy (non-hydrogen) atoms. The lowest BCUT2D eigenvalue weighted by Crippen LogP contribution is -2.56. The zero-order chi connectivity index (χ0) is 25.4. The number of primary amides is 1. The number of amides is 1. The summed E-state index contributed by atoms with van der Waals surface area (Å²) < 4.78 is 0. The highest BCUT2D eigenvalue weighted by Crippen LogP contribution is 2.41. The minimum atomic E-state index is -0.410. The van der Waals surface area contributed by atoms with E-state index in [2.05, 4.69) is 57.8 Å². The third kappa shape index (κ3) is 5.08. The van der Waals surface area contributed by atoms with Crippen molar-refractivity contribution in [1.82, 2.24) is 10.3 Å². The smallest absolute Gasteiger partial charge is 0.248 e. The molecule has 2 saturated carbocycles. The highest BCUT2D eigenvalue weighted by molar-refractivity contribution is 5.94. The quantitative estimate of drug-likeness (QED) is 0.423. The zero-order valence-corrected chi connectivity index (χ0v) is 21.6. The highest BCUT2D eigenvalue weighted by atomic mass is 16.1. The fraction of sp³-hybridized carbons (Fsp3) is 0.419. The molecule has 5 atom stereocenters. The maximum atomic E-state index is 11.6. The molecular formula is C31H37N5O. The lowest BCUT2D eigenvalue weighted by Gasteiger charge is -2.41. The van der Waals surface area contributed by atoms with Crippen LogP contribution in [-0.2, 0) is 0 Å². The standard InChI is InChI=1S/C31H37N5O/c1-20-9-11-25(12-10-20)36-19-21-15-28(29(36)16-21)34-26-7-2-3-8-27(26)35-30-18-23(13-14-33-30)22-5-4-6-24(17-22)31(32)37/h4-6,9-14,17-18,21,26-29,34H,2-3,7-8,15-16,19H2,1H3,(H2,32,37)(H,33,35)/t21-,26-,27-,28+,29-/m1/s1. The van der Waals surface area contributed by atoms with Crippen molar-refractivity contribution < 1.29 is 4.79 Å². The van der Waals surface area contributed by atoms with Crippen molar-refractivity contribution in [3.05, 3.63) is 78.0 Å². The van der Waals surface area contributed by atoms with Crippen LogP contribution in [-0.4, -0.2) is 41.6 Å². The molecule has 2 aliphatic carbocycles. The molecule has 3 aliphatic rings. The first-order valence-electron chi connectivity index (χ1n) is 13.8. The van der Waals surface area contributed by atoms with Crippen LogP contribution < -0.4 is 21.3 Å². The number of fused-ring (bicyclic) bond motifs is 2. The second kappa shape index (κ2) is 10.2. The van der Waals surface area contributed by atoms with Crippen molar-refractivity contribution in [3.63, 3.8) is 0 Å². The number of piperidine rings is 1. The monoisotopic (exact) mass is 495 g/mol. The molecule has 2 aromatic carbocycles. The Kier molecular flexibility index (Phi) is 6.59. The van der Waals surface area contributed by atoms with Crippen molar-refractivity contribution in [3.8, 4) is 11.1 Å². The van der Waals surface area contributed by atoms with E-state index >= 15 is 0 Å². The molecule has 3 fully saturated rings. The molecule has 6 heteroatoms. The maximum absolute atomic E-state index is 11.6. The van der Waals surface area contributed by atoms with Gasteiger partial charge in [-0.3, -0.25) is 4.79 Å². The van der Waals surface area contributed by atoms with Gasteiger partial charge in [-0.05, 0) is 86.1 Å². The van der Waals surface area contributed by atoms with E-state index < -0.39 is 5.91 Å². The number of aromatic nitrogens is 1. The van der Waals surface area contributed by atoms with Gasteiger partial charge in [-0.25, -0.2) is 4.98 Å². The molecule has 0 radical (unpaired) electrons. The van der Waals surface area contributed by atoms with Crippen LogP contribution in [0.5, 0.6) is 0 Å². The molecule has 0 spiro atoms. The number of benzene rings is 2. The molecule has 4 N–H and O–H groups in total. The number of pyridine rings is 1. The second-order valence-corrected chi connectivity index (χ2v) is 11.2. The summed E-state index contributed by atoms with van der Waals surface area (Å²) in [5.74, 6) is 1.26. The van der Waals surface area contributed by atoms with Gasteiger partial charge in [-0.15, -0.1) is 0 Å². The summed E-state index contributed by atoms with van der Waals surface area (Å²) in [6, 6.07) is 22.5. The molecule has 2 bridgehead atoms. The number of nitrogens with zero attached hydrogens (tertiary/aromatic N) is 2. The summed E-state index contributed by atoms with van der Waals surface area (Å²) >= 11 is 0. The van der Waals surface area contributed by atoms with Crippen molar-refractivity contribution in [2.24, 2.45) is 11.7 Å². The van der Waals surface area contributed by atoms with Crippen molar-refractivity contribution in [1.29, 1.82) is 0 Å². The van der Waals surface area contributed by atoms with Crippen LogP contribution in [0.3, 0.4) is 0 Å². The molecule has 0 unspecified atom stereocenters. The molecule has 1 aromatic heterocycles. The number of carbonyl (C=O) groups excluding carboxylic acids is 1. The number of hydrogen-bond acceptors (Lipinski definition) is 5. The normalized spacial score (nSPS) is 26.8. The van der Waals surface area contributed by atoms with Crippen LogP contribution in [0.1, 0.15) is 54.4 Å². The van der Waals surface area contributed by atoms with E-state index in [1.807, 2.05) is 30.5 Å². The maximum Gasteiger partial charge on any atom is 0.248 e. The first kappa shape index (κ1) is 24.0. The number of anilines is 2. The van der Waals surface area contributed by atoms with Crippen LogP contribution >= 0.6 is 0 Å². The predicted molar refractivity (Wildman–Crippen MR) is 150 cm³/mol. The number of nitrogens with two attached hydrogens (primary N) is 1. The molecule has 1 aliphatic heterocycles. The molecular weight excluding hydrogens is 458 g/mol. The lowest BCUT2D eigenvalue weighted by atomic mass is 9.89. The van der Waals surface area contributed by atoms with E-state index in [4.69, 9.17) is 5.73 Å². The van der Waals surface area contributed by atoms with Gasteiger partial charge >= 0.3 is 0 Å². The van der Waals surface area contributed by atoms with Gasteiger partial charge < -0.3 is 21.3 Å². The first-order chi connectivity index (χ1) is 18.0. The molecule has 3 aromatic rings. The second-order valence-electron chi connectivity index (χ2n) is 11.2. The number of aryl methyl sites for hydroxylation is 1. The van der Waals surface area contributed by atoms with Crippen LogP contribution in [0.15, 0.2) is 66.9 Å². The Labute approximate surface area is 219 Å². The van der Waals surface area contributed by atoms with E-state index in [0.717, 1.165) is 29.3 Å². The van der Waals surface area contributed by atoms with Crippen LogP contribution in [0.25, 0.3) is 11.1 Å². The van der Waals surface area contributed by atoms with Gasteiger partial charge in [-0.1, -0.05) is 42.7 Å². The Hall–Kier alpha value is -3.38. The van der Waals surface area contributed by atoms with Crippen LogP contribution in [0.4, 0.5) is 11.5 Å². The molecule has 6 rings (SSSR count). The Bertz CT molecular complexity index is 1260. The zero-order valence-electron chi connectivity index (χ0n) is 21.6.